The van der Waals surface area contributed by atoms with Crippen molar-refractivity contribution < 1.29 is 13.5 Å². The summed E-state index contributed by atoms with van der Waals surface area (Å²) in [5.74, 6) is 0.610. The van der Waals surface area contributed by atoms with Crippen LogP contribution < -0.4 is 15.4 Å². The lowest BCUT2D eigenvalue weighted by molar-refractivity contribution is 0.304. The van der Waals surface area contributed by atoms with Crippen LogP contribution in [0.1, 0.15) is 19.8 Å². The summed E-state index contributed by atoms with van der Waals surface area (Å²) in [7, 11) is 0. The predicted octanol–water partition coefficient (Wildman–Crippen LogP) is 3.04. The summed E-state index contributed by atoms with van der Waals surface area (Å²) in [6, 6.07) is 3.27. The number of unbranched alkanes of at least 4 members (excludes halogenated alkanes) is 1. The average Bonchev–Trinajstić information content (AvgIpc) is 2.52. The second kappa shape index (κ2) is 12.0. The van der Waals surface area contributed by atoms with Crippen molar-refractivity contribution in [2.45, 2.75) is 19.8 Å². The van der Waals surface area contributed by atoms with Crippen LogP contribution in [0.3, 0.4) is 0 Å². The van der Waals surface area contributed by atoms with E-state index in [9.17, 15) is 8.78 Å². The molecular weight excluding hydrogens is 320 g/mol. The minimum absolute atomic E-state index is 0.0483. The summed E-state index contributed by atoms with van der Waals surface area (Å²) in [6.07, 6.45) is 4.30. The van der Waals surface area contributed by atoms with Crippen molar-refractivity contribution in [1.29, 1.82) is 0 Å². The smallest absolute Gasteiger partial charge is 0.191 e. The highest BCUT2D eigenvalue weighted by atomic mass is 32.2. The molecule has 0 saturated heterocycles. The summed E-state index contributed by atoms with van der Waals surface area (Å²) in [5.41, 5.74) is 0. The van der Waals surface area contributed by atoms with E-state index in [0.29, 0.717) is 6.54 Å². The largest absolute Gasteiger partial charge is 0.489 e. The molecule has 1 aromatic carbocycles. The number of guanidine groups is 1. The molecule has 0 bridgehead atoms. The van der Waals surface area contributed by atoms with Gasteiger partial charge in [0.1, 0.15) is 12.4 Å². The Hall–Kier alpha value is -1.50. The van der Waals surface area contributed by atoms with Gasteiger partial charge in [-0.05, 0) is 43.9 Å². The van der Waals surface area contributed by atoms with Gasteiger partial charge in [0.25, 0.3) is 0 Å². The molecular formula is C16H25F2N3OS. The normalized spacial score (nSPS) is 11.4. The van der Waals surface area contributed by atoms with Gasteiger partial charge in [-0.3, -0.25) is 4.99 Å². The van der Waals surface area contributed by atoms with Crippen molar-refractivity contribution in [3.8, 4) is 5.75 Å². The number of halogens is 2. The monoisotopic (exact) mass is 345 g/mol. The van der Waals surface area contributed by atoms with Crippen molar-refractivity contribution in [2.75, 3.05) is 38.2 Å². The first-order valence-corrected chi connectivity index (χ1v) is 9.15. The Balaban J connectivity index is 2.30. The van der Waals surface area contributed by atoms with Crippen LogP contribution in [0.15, 0.2) is 23.2 Å². The van der Waals surface area contributed by atoms with Crippen LogP contribution in [0.2, 0.25) is 0 Å². The van der Waals surface area contributed by atoms with Gasteiger partial charge in [-0.25, -0.2) is 8.78 Å². The molecule has 0 atom stereocenters. The third kappa shape index (κ3) is 8.64. The van der Waals surface area contributed by atoms with Crippen LogP contribution in [0.5, 0.6) is 5.75 Å². The van der Waals surface area contributed by atoms with Gasteiger partial charge in [0.2, 0.25) is 0 Å². The fraction of sp³-hybridized carbons (Fsp3) is 0.562. The van der Waals surface area contributed by atoms with E-state index in [4.69, 9.17) is 4.74 Å². The van der Waals surface area contributed by atoms with Crippen LogP contribution in [0.4, 0.5) is 8.78 Å². The standard InChI is InChI=1S/C16H25F2N3OS/c1-3-19-16(20-8-4-5-11-23-2)21-9-10-22-15-7-6-13(17)12-14(15)18/h6-7,12H,3-5,8-11H2,1-2H3,(H2,19,20,21). The number of nitrogens with one attached hydrogen (secondary N) is 2. The second-order valence-corrected chi connectivity index (χ2v) is 5.80. The van der Waals surface area contributed by atoms with E-state index in [1.165, 1.54) is 12.1 Å². The summed E-state index contributed by atoms with van der Waals surface area (Å²) in [6.45, 7) is 4.27. The third-order valence-electron chi connectivity index (χ3n) is 2.92. The molecule has 0 heterocycles. The third-order valence-corrected chi connectivity index (χ3v) is 3.61. The van der Waals surface area contributed by atoms with Crippen LogP contribution in [0, 0.1) is 11.6 Å². The van der Waals surface area contributed by atoms with Crippen molar-refractivity contribution >= 4 is 17.7 Å². The van der Waals surface area contributed by atoms with E-state index in [1.54, 1.807) is 0 Å². The van der Waals surface area contributed by atoms with Gasteiger partial charge in [0.15, 0.2) is 17.5 Å². The lowest BCUT2D eigenvalue weighted by atomic mass is 10.3. The zero-order valence-corrected chi connectivity index (χ0v) is 14.5. The number of hydrogen-bond acceptors (Lipinski definition) is 3. The molecule has 4 nitrogen and oxygen atoms in total. The number of nitrogens with zero attached hydrogens (tertiary/aromatic N) is 1. The molecule has 0 unspecified atom stereocenters. The maximum absolute atomic E-state index is 13.4. The van der Waals surface area contributed by atoms with Gasteiger partial charge in [-0.1, -0.05) is 0 Å². The Labute approximate surface area is 141 Å². The molecule has 0 fully saturated rings. The lowest BCUT2D eigenvalue weighted by Gasteiger charge is -2.12. The van der Waals surface area contributed by atoms with Crippen molar-refractivity contribution in [3.05, 3.63) is 29.8 Å². The van der Waals surface area contributed by atoms with E-state index in [-0.39, 0.29) is 12.4 Å². The number of benzene rings is 1. The van der Waals surface area contributed by atoms with Crippen LogP contribution >= 0.6 is 11.8 Å². The molecule has 2 N–H and O–H groups in total. The molecule has 130 valence electrons. The van der Waals surface area contributed by atoms with E-state index in [2.05, 4.69) is 21.9 Å². The summed E-state index contributed by atoms with van der Waals surface area (Å²) in [4.78, 5) is 4.46. The molecule has 0 spiro atoms. The summed E-state index contributed by atoms with van der Waals surface area (Å²) < 4.78 is 31.5. The molecule has 0 amide bonds. The Kier molecular flexibility index (Phi) is 10.2. The SMILES string of the molecule is CCNC(=NCCCCSC)NCCOc1ccc(F)cc1F. The van der Waals surface area contributed by atoms with E-state index >= 15 is 0 Å². The first kappa shape index (κ1) is 19.5. The molecule has 0 aliphatic rings. The highest BCUT2D eigenvalue weighted by molar-refractivity contribution is 7.98. The van der Waals surface area contributed by atoms with E-state index < -0.39 is 11.6 Å². The highest BCUT2D eigenvalue weighted by Gasteiger charge is 2.04. The zero-order chi connectivity index (χ0) is 16.9. The maximum atomic E-state index is 13.4. The molecule has 0 radical (unpaired) electrons. The quantitative estimate of drug-likeness (QED) is 0.389. The average molecular weight is 345 g/mol. The van der Waals surface area contributed by atoms with E-state index in [1.807, 2.05) is 18.7 Å². The van der Waals surface area contributed by atoms with E-state index in [0.717, 1.165) is 43.7 Å². The first-order chi connectivity index (χ1) is 11.2. The van der Waals surface area contributed by atoms with Gasteiger partial charge in [0.05, 0.1) is 6.54 Å². The Morgan fingerprint density at radius 1 is 1.26 bits per heavy atom. The number of ether oxygens (including phenoxy) is 1. The zero-order valence-electron chi connectivity index (χ0n) is 13.7. The molecule has 0 aliphatic carbocycles. The minimum atomic E-state index is -0.695. The topological polar surface area (TPSA) is 45.7 Å². The van der Waals surface area contributed by atoms with Gasteiger partial charge >= 0.3 is 0 Å². The molecule has 1 rings (SSSR count). The first-order valence-electron chi connectivity index (χ1n) is 7.76. The number of aliphatic imine (C=N–C) groups is 1. The summed E-state index contributed by atoms with van der Waals surface area (Å²) in [5, 5.41) is 6.27. The van der Waals surface area contributed by atoms with Crippen LogP contribution in [0.25, 0.3) is 0 Å². The molecule has 1 aromatic rings. The summed E-state index contributed by atoms with van der Waals surface area (Å²) >= 11 is 1.84. The van der Waals surface area contributed by atoms with Crippen molar-refractivity contribution in [1.82, 2.24) is 10.6 Å². The van der Waals surface area contributed by atoms with Crippen LogP contribution in [-0.2, 0) is 0 Å². The van der Waals surface area contributed by atoms with Gasteiger partial charge in [0, 0.05) is 19.2 Å². The van der Waals surface area contributed by atoms with Gasteiger partial charge in [-0.2, -0.15) is 11.8 Å². The van der Waals surface area contributed by atoms with Gasteiger partial charge in [-0.15, -0.1) is 0 Å². The minimum Gasteiger partial charge on any atom is -0.489 e. The highest BCUT2D eigenvalue weighted by Crippen LogP contribution is 2.17. The van der Waals surface area contributed by atoms with Crippen molar-refractivity contribution in [3.63, 3.8) is 0 Å². The number of thioether (sulfide) groups is 1. The maximum Gasteiger partial charge on any atom is 0.191 e. The van der Waals surface area contributed by atoms with Crippen molar-refractivity contribution in [2.24, 2.45) is 4.99 Å². The fourth-order valence-corrected chi connectivity index (χ4v) is 2.31. The van der Waals surface area contributed by atoms with Gasteiger partial charge < -0.3 is 15.4 Å². The van der Waals surface area contributed by atoms with Crippen LogP contribution in [-0.4, -0.2) is 44.2 Å². The molecule has 0 saturated carbocycles. The molecule has 0 aromatic heterocycles. The lowest BCUT2D eigenvalue weighted by Crippen LogP contribution is -2.39. The Morgan fingerprint density at radius 3 is 2.78 bits per heavy atom. The number of hydrogen-bond donors (Lipinski definition) is 2. The second-order valence-electron chi connectivity index (χ2n) is 4.81. The Morgan fingerprint density at radius 2 is 2.09 bits per heavy atom. The molecule has 23 heavy (non-hydrogen) atoms. The molecule has 7 heteroatoms. The number of rotatable bonds is 10. The predicted molar refractivity (Wildman–Crippen MR) is 93.5 cm³/mol. The fourth-order valence-electron chi connectivity index (χ4n) is 1.81. The molecule has 0 aliphatic heterocycles. The Bertz CT molecular complexity index is 486.